The Balaban J connectivity index is 1.15. The molecule has 2 unspecified atom stereocenters. The van der Waals surface area contributed by atoms with Crippen molar-refractivity contribution in [1.29, 1.82) is 0 Å². The SMILES string of the molecule is Cc1cc(C(=O)COc2ccc(N3C(=O)[C@@H]4[C@H](C3=O)[C@@H]3C=C[C@H]4C4CC43)cc2)ccc1Cl. The molecule has 1 aliphatic heterocycles. The number of nitrogens with zero attached hydrogens (tertiary/aromatic N) is 1. The summed E-state index contributed by atoms with van der Waals surface area (Å²) >= 11 is 6.02. The van der Waals surface area contributed by atoms with Gasteiger partial charge in [-0.1, -0.05) is 23.8 Å². The summed E-state index contributed by atoms with van der Waals surface area (Å²) in [6.45, 7) is 1.74. The molecule has 2 aromatic rings. The van der Waals surface area contributed by atoms with Crippen LogP contribution >= 0.6 is 11.6 Å². The highest BCUT2D eigenvalue weighted by molar-refractivity contribution is 6.31. The van der Waals surface area contributed by atoms with Crippen LogP contribution in [0.3, 0.4) is 0 Å². The van der Waals surface area contributed by atoms with Crippen molar-refractivity contribution in [3.05, 3.63) is 70.8 Å². The molecule has 2 aromatic carbocycles. The molecule has 6 atom stereocenters. The van der Waals surface area contributed by atoms with E-state index < -0.39 is 0 Å². The molecular formula is C26H22ClNO4. The number of aryl methyl sites for hydroxylation is 1. The highest BCUT2D eigenvalue weighted by Gasteiger charge is 2.67. The van der Waals surface area contributed by atoms with E-state index >= 15 is 0 Å². The fourth-order valence-corrected chi connectivity index (χ4v) is 6.07. The van der Waals surface area contributed by atoms with E-state index in [1.54, 1.807) is 42.5 Å². The van der Waals surface area contributed by atoms with Crippen LogP contribution < -0.4 is 9.64 Å². The molecule has 32 heavy (non-hydrogen) atoms. The van der Waals surface area contributed by atoms with Crippen molar-refractivity contribution in [2.45, 2.75) is 13.3 Å². The highest BCUT2D eigenvalue weighted by atomic mass is 35.5. The minimum atomic E-state index is -0.211. The van der Waals surface area contributed by atoms with Crippen molar-refractivity contribution in [3.8, 4) is 5.75 Å². The largest absolute Gasteiger partial charge is 0.485 e. The maximum absolute atomic E-state index is 13.2. The Morgan fingerprint density at radius 3 is 2.22 bits per heavy atom. The van der Waals surface area contributed by atoms with Gasteiger partial charge in [0.15, 0.2) is 12.4 Å². The number of halogens is 1. The van der Waals surface area contributed by atoms with Crippen LogP contribution in [0.25, 0.3) is 0 Å². The number of hydrogen-bond acceptors (Lipinski definition) is 4. The monoisotopic (exact) mass is 447 g/mol. The lowest BCUT2D eigenvalue weighted by molar-refractivity contribution is -0.124. The Bertz CT molecular complexity index is 1150. The van der Waals surface area contributed by atoms with Gasteiger partial charge in [0.25, 0.3) is 0 Å². The van der Waals surface area contributed by atoms with Gasteiger partial charge < -0.3 is 4.74 Å². The molecule has 6 heteroatoms. The van der Waals surface area contributed by atoms with Crippen LogP contribution in [0.2, 0.25) is 5.02 Å². The van der Waals surface area contributed by atoms with Gasteiger partial charge in [0.2, 0.25) is 11.8 Å². The van der Waals surface area contributed by atoms with Crippen LogP contribution in [0, 0.1) is 42.4 Å². The fraction of sp³-hybridized carbons (Fsp3) is 0.346. The topological polar surface area (TPSA) is 63.7 Å². The van der Waals surface area contributed by atoms with Gasteiger partial charge >= 0.3 is 0 Å². The minimum absolute atomic E-state index is 0.0772. The number of allylic oxidation sites excluding steroid dienone is 2. The summed E-state index contributed by atoms with van der Waals surface area (Å²) in [4.78, 5) is 40.2. The maximum Gasteiger partial charge on any atom is 0.238 e. The molecule has 5 aliphatic rings. The molecule has 0 N–H and O–H groups in total. The van der Waals surface area contributed by atoms with E-state index in [4.69, 9.17) is 16.3 Å². The van der Waals surface area contributed by atoms with E-state index in [0.29, 0.717) is 33.9 Å². The van der Waals surface area contributed by atoms with Crippen molar-refractivity contribution in [2.75, 3.05) is 11.5 Å². The molecule has 2 saturated carbocycles. The molecule has 3 fully saturated rings. The van der Waals surface area contributed by atoms with Gasteiger partial charge in [0.05, 0.1) is 17.5 Å². The first kappa shape index (κ1) is 19.7. The van der Waals surface area contributed by atoms with E-state index in [1.807, 2.05) is 6.92 Å². The molecule has 1 heterocycles. The molecular weight excluding hydrogens is 426 g/mol. The lowest BCUT2D eigenvalue weighted by Crippen LogP contribution is -2.40. The zero-order valence-corrected chi connectivity index (χ0v) is 18.3. The number of anilines is 1. The van der Waals surface area contributed by atoms with Gasteiger partial charge in [-0.05, 0) is 85.0 Å². The van der Waals surface area contributed by atoms with Crippen molar-refractivity contribution in [1.82, 2.24) is 0 Å². The highest BCUT2D eigenvalue weighted by Crippen LogP contribution is 2.65. The maximum atomic E-state index is 13.2. The first-order valence-electron chi connectivity index (χ1n) is 11.0. The Labute approximate surface area is 191 Å². The van der Waals surface area contributed by atoms with Crippen LogP contribution in [0.1, 0.15) is 22.3 Å². The van der Waals surface area contributed by atoms with E-state index in [2.05, 4.69) is 12.2 Å². The lowest BCUT2D eigenvalue weighted by Gasteiger charge is -2.37. The zero-order valence-electron chi connectivity index (χ0n) is 17.5. The lowest BCUT2D eigenvalue weighted by atomic mass is 9.63. The van der Waals surface area contributed by atoms with E-state index in [-0.39, 0.29) is 47.9 Å². The summed E-state index contributed by atoms with van der Waals surface area (Å²) in [5.74, 6) is 1.37. The standard InChI is InChI=1S/C26H22ClNO4/c1-13-10-14(2-9-21(13)27)22(29)12-32-16-5-3-15(4-6-16)28-25(30)23-17-7-8-18(20-11-19(17)20)24(23)26(28)31/h2-10,17-20,23-24H,11-12H2,1H3/t17-,18+,19?,20?,23-,24+. The number of amides is 2. The molecule has 1 saturated heterocycles. The second-order valence-electron chi connectivity index (χ2n) is 9.34. The average molecular weight is 448 g/mol. The van der Waals surface area contributed by atoms with Gasteiger partial charge in [-0.3, -0.25) is 19.3 Å². The quantitative estimate of drug-likeness (QED) is 0.385. The summed E-state index contributed by atoms with van der Waals surface area (Å²) < 4.78 is 5.64. The minimum Gasteiger partial charge on any atom is -0.485 e. The summed E-state index contributed by atoms with van der Waals surface area (Å²) in [6, 6.07) is 12.0. The first-order valence-corrected chi connectivity index (χ1v) is 11.4. The third kappa shape index (κ3) is 2.87. The number of ether oxygens (including phenoxy) is 1. The molecule has 7 rings (SSSR count). The molecule has 162 valence electrons. The van der Waals surface area contributed by atoms with Crippen LogP contribution in [-0.2, 0) is 9.59 Å². The smallest absolute Gasteiger partial charge is 0.238 e. The fourth-order valence-electron chi connectivity index (χ4n) is 5.95. The predicted octanol–water partition coefficient (Wildman–Crippen LogP) is 4.47. The van der Waals surface area contributed by atoms with Crippen LogP contribution in [0.4, 0.5) is 5.69 Å². The summed E-state index contributed by atoms with van der Waals surface area (Å²) in [5.41, 5.74) is 1.94. The summed E-state index contributed by atoms with van der Waals surface area (Å²) in [5, 5.41) is 0.615. The van der Waals surface area contributed by atoms with Crippen LogP contribution in [-0.4, -0.2) is 24.2 Å². The Hall–Kier alpha value is -2.92. The number of imide groups is 1. The van der Waals surface area contributed by atoms with E-state index in [0.717, 1.165) is 12.0 Å². The van der Waals surface area contributed by atoms with Crippen molar-refractivity contribution >= 4 is 34.9 Å². The number of hydrogen-bond donors (Lipinski definition) is 0. The average Bonchev–Trinajstić information content (AvgIpc) is 3.58. The number of carbonyl (C=O) groups is 3. The van der Waals surface area contributed by atoms with Crippen molar-refractivity contribution in [2.24, 2.45) is 35.5 Å². The van der Waals surface area contributed by atoms with E-state index in [1.165, 1.54) is 4.90 Å². The Morgan fingerprint density at radius 1 is 1.00 bits per heavy atom. The van der Waals surface area contributed by atoms with Gasteiger partial charge in [0, 0.05) is 10.6 Å². The Kier molecular flexibility index (Phi) is 4.34. The van der Waals surface area contributed by atoms with Crippen molar-refractivity contribution < 1.29 is 19.1 Å². The Morgan fingerprint density at radius 2 is 1.62 bits per heavy atom. The third-order valence-electron chi connectivity index (χ3n) is 7.61. The van der Waals surface area contributed by atoms with Crippen LogP contribution in [0.5, 0.6) is 5.75 Å². The number of benzene rings is 2. The second-order valence-corrected chi connectivity index (χ2v) is 9.74. The summed E-state index contributed by atoms with van der Waals surface area (Å²) in [6.07, 6.45) is 5.49. The predicted molar refractivity (Wildman–Crippen MR) is 120 cm³/mol. The third-order valence-corrected chi connectivity index (χ3v) is 8.03. The van der Waals surface area contributed by atoms with Gasteiger partial charge in [0.1, 0.15) is 5.75 Å². The molecule has 0 aromatic heterocycles. The van der Waals surface area contributed by atoms with Gasteiger partial charge in [-0.25, -0.2) is 0 Å². The first-order chi connectivity index (χ1) is 15.4. The molecule has 5 nitrogen and oxygen atoms in total. The normalized spacial score (nSPS) is 31.5. The zero-order chi connectivity index (χ0) is 22.1. The molecule has 0 spiro atoms. The van der Waals surface area contributed by atoms with Crippen LogP contribution in [0.15, 0.2) is 54.6 Å². The van der Waals surface area contributed by atoms with Crippen molar-refractivity contribution in [3.63, 3.8) is 0 Å². The number of ketones is 1. The molecule has 2 amide bonds. The number of carbonyl (C=O) groups excluding carboxylic acids is 3. The van der Waals surface area contributed by atoms with Gasteiger partial charge in [-0.15, -0.1) is 0 Å². The second kappa shape index (κ2) is 7.04. The molecule has 0 radical (unpaired) electrons. The molecule has 4 aliphatic carbocycles. The number of rotatable bonds is 5. The van der Waals surface area contributed by atoms with E-state index in [9.17, 15) is 14.4 Å². The summed E-state index contributed by atoms with van der Waals surface area (Å²) in [7, 11) is 0. The molecule has 2 bridgehead atoms. The van der Waals surface area contributed by atoms with Gasteiger partial charge in [-0.2, -0.15) is 0 Å². The number of Topliss-reactive ketones (excluding diaryl/α,β-unsaturated/α-hetero) is 1.